The molecule has 0 saturated carbocycles. The maximum atomic E-state index is 12.2. The largest absolute Gasteiger partial charge is 0.387 e. The number of morpholine rings is 1. The maximum absolute atomic E-state index is 12.2. The van der Waals surface area contributed by atoms with Gasteiger partial charge in [-0.25, -0.2) is 0 Å². The number of amides is 1. The van der Waals surface area contributed by atoms with Gasteiger partial charge in [0.2, 0.25) is 5.91 Å². The molecule has 6 nitrogen and oxygen atoms in total. The highest BCUT2D eigenvalue weighted by Crippen LogP contribution is 2.20. The van der Waals surface area contributed by atoms with Gasteiger partial charge in [0, 0.05) is 13.1 Å². The molecule has 116 valence electrons. The lowest BCUT2D eigenvalue weighted by Gasteiger charge is -2.36. The van der Waals surface area contributed by atoms with Crippen LogP contribution in [-0.4, -0.2) is 48.3 Å². The number of carbonyl (C=O) groups is 1. The molecule has 2 atom stereocenters. The molecule has 1 aromatic rings. The van der Waals surface area contributed by atoms with Gasteiger partial charge in [-0.3, -0.25) is 9.78 Å². The van der Waals surface area contributed by atoms with Crippen LogP contribution < -0.4 is 10.2 Å². The molecule has 0 aromatic carbocycles. The van der Waals surface area contributed by atoms with Gasteiger partial charge in [-0.15, -0.1) is 0 Å². The molecule has 1 aliphatic rings. The fraction of sp³-hybridized carbons (Fsp3) is 0.600. The summed E-state index contributed by atoms with van der Waals surface area (Å²) in [6, 6.07) is 3.35. The van der Waals surface area contributed by atoms with Crippen molar-refractivity contribution in [2.75, 3.05) is 31.2 Å². The Morgan fingerprint density at radius 3 is 3.05 bits per heavy atom. The Kier molecular flexibility index (Phi) is 5.52. The predicted molar refractivity (Wildman–Crippen MR) is 80.1 cm³/mol. The van der Waals surface area contributed by atoms with Crippen LogP contribution in [0.15, 0.2) is 18.3 Å². The highest BCUT2D eigenvalue weighted by atomic mass is 16.5. The van der Waals surface area contributed by atoms with Crippen LogP contribution in [0.3, 0.4) is 0 Å². The summed E-state index contributed by atoms with van der Waals surface area (Å²) in [5.41, 5.74) is 1.50. The first-order chi connectivity index (χ1) is 10.1. The van der Waals surface area contributed by atoms with Gasteiger partial charge in [0.1, 0.15) is 6.04 Å². The van der Waals surface area contributed by atoms with E-state index in [4.69, 9.17) is 4.74 Å². The number of aliphatic hydroxyl groups is 1. The number of ether oxygens (including phenoxy) is 1. The number of aromatic nitrogens is 1. The first-order valence-corrected chi connectivity index (χ1v) is 7.39. The average molecular weight is 293 g/mol. The number of hydrogen-bond acceptors (Lipinski definition) is 5. The first kappa shape index (κ1) is 15.7. The van der Waals surface area contributed by atoms with Gasteiger partial charge in [0.15, 0.2) is 0 Å². The van der Waals surface area contributed by atoms with E-state index >= 15 is 0 Å². The van der Waals surface area contributed by atoms with Crippen molar-refractivity contribution >= 4 is 11.6 Å². The highest BCUT2D eigenvalue weighted by Gasteiger charge is 2.29. The molecule has 1 aromatic heterocycles. The number of rotatable bonds is 5. The zero-order valence-corrected chi connectivity index (χ0v) is 12.6. The minimum atomic E-state index is -0.590. The molecule has 1 amide bonds. The molecule has 2 unspecified atom stereocenters. The predicted octanol–water partition coefficient (Wildman–Crippen LogP) is 0.866. The monoisotopic (exact) mass is 293 g/mol. The number of carbonyl (C=O) groups excluding carboxylic acids is 1. The van der Waals surface area contributed by atoms with Crippen LogP contribution in [0, 0.1) is 0 Å². The molecule has 21 heavy (non-hydrogen) atoms. The topological polar surface area (TPSA) is 74.7 Å². The van der Waals surface area contributed by atoms with E-state index in [2.05, 4.69) is 10.3 Å². The van der Waals surface area contributed by atoms with E-state index < -0.39 is 6.10 Å². The molecule has 2 rings (SSSR count). The lowest BCUT2D eigenvalue weighted by molar-refractivity contribution is -0.124. The van der Waals surface area contributed by atoms with Gasteiger partial charge >= 0.3 is 0 Å². The van der Waals surface area contributed by atoms with Crippen molar-refractivity contribution in [3.05, 3.63) is 24.0 Å². The molecular weight excluding hydrogens is 270 g/mol. The van der Waals surface area contributed by atoms with E-state index in [9.17, 15) is 9.90 Å². The Bertz CT molecular complexity index is 462. The second-order valence-electron chi connectivity index (χ2n) is 5.19. The first-order valence-electron chi connectivity index (χ1n) is 7.39. The van der Waals surface area contributed by atoms with E-state index in [-0.39, 0.29) is 11.9 Å². The third-order valence-corrected chi connectivity index (χ3v) is 3.51. The number of aliphatic hydroxyl groups excluding tert-OH is 1. The zero-order valence-electron chi connectivity index (χ0n) is 12.6. The molecule has 0 radical (unpaired) electrons. The summed E-state index contributed by atoms with van der Waals surface area (Å²) in [6.07, 6.45) is 2.02. The van der Waals surface area contributed by atoms with E-state index in [1.165, 1.54) is 0 Å². The van der Waals surface area contributed by atoms with Crippen molar-refractivity contribution in [3.63, 3.8) is 0 Å². The van der Waals surface area contributed by atoms with Gasteiger partial charge in [-0.2, -0.15) is 0 Å². The van der Waals surface area contributed by atoms with Crippen LogP contribution in [0.25, 0.3) is 0 Å². The van der Waals surface area contributed by atoms with Gasteiger partial charge < -0.3 is 20.1 Å². The van der Waals surface area contributed by atoms with Crippen molar-refractivity contribution in [2.45, 2.75) is 32.4 Å². The molecule has 2 heterocycles. The van der Waals surface area contributed by atoms with Crippen molar-refractivity contribution < 1.29 is 14.6 Å². The van der Waals surface area contributed by atoms with Crippen LogP contribution in [0.4, 0.5) is 5.69 Å². The van der Waals surface area contributed by atoms with Crippen LogP contribution in [0.5, 0.6) is 0 Å². The molecule has 1 aliphatic heterocycles. The van der Waals surface area contributed by atoms with E-state index in [1.54, 1.807) is 19.2 Å². The Hall–Kier alpha value is -1.66. The van der Waals surface area contributed by atoms with Crippen LogP contribution >= 0.6 is 0 Å². The molecule has 0 spiro atoms. The Labute approximate surface area is 125 Å². The minimum absolute atomic E-state index is 0.0175. The summed E-state index contributed by atoms with van der Waals surface area (Å²) in [4.78, 5) is 18.5. The lowest BCUT2D eigenvalue weighted by atomic mass is 10.1. The number of hydrogen-bond donors (Lipinski definition) is 2. The zero-order chi connectivity index (χ0) is 15.2. The quantitative estimate of drug-likeness (QED) is 0.842. The molecule has 2 N–H and O–H groups in total. The van der Waals surface area contributed by atoms with Crippen LogP contribution in [0.1, 0.15) is 32.1 Å². The van der Waals surface area contributed by atoms with E-state index in [0.717, 1.165) is 12.1 Å². The third kappa shape index (κ3) is 3.92. The lowest BCUT2D eigenvalue weighted by Crippen LogP contribution is -2.54. The standard InChI is InChI=1S/C15H23N3O3/c1-3-6-16-15(20)14-10-21-8-7-18(14)12-4-5-13(11(2)19)17-9-12/h4-5,9,11,14,19H,3,6-8,10H2,1-2H3,(H,16,20). The van der Waals surface area contributed by atoms with E-state index in [0.29, 0.717) is 32.0 Å². The molecule has 0 bridgehead atoms. The fourth-order valence-electron chi connectivity index (χ4n) is 2.31. The van der Waals surface area contributed by atoms with Gasteiger partial charge in [-0.1, -0.05) is 6.92 Å². The molecule has 0 aliphatic carbocycles. The van der Waals surface area contributed by atoms with E-state index in [1.807, 2.05) is 17.9 Å². The summed E-state index contributed by atoms with van der Waals surface area (Å²) < 4.78 is 5.43. The number of pyridine rings is 1. The second kappa shape index (κ2) is 7.38. The summed E-state index contributed by atoms with van der Waals surface area (Å²) in [5.74, 6) is -0.0175. The van der Waals surface area contributed by atoms with Crippen molar-refractivity contribution in [1.29, 1.82) is 0 Å². The number of nitrogens with one attached hydrogen (secondary N) is 1. The normalized spacial score (nSPS) is 20.1. The van der Waals surface area contributed by atoms with Crippen molar-refractivity contribution in [3.8, 4) is 0 Å². The molecular formula is C15H23N3O3. The van der Waals surface area contributed by atoms with Gasteiger partial charge in [-0.05, 0) is 25.5 Å². The van der Waals surface area contributed by atoms with Gasteiger partial charge in [0.25, 0.3) is 0 Å². The summed E-state index contributed by atoms with van der Waals surface area (Å²) in [6.45, 7) is 6.00. The highest BCUT2D eigenvalue weighted by molar-refractivity contribution is 5.85. The summed E-state index contributed by atoms with van der Waals surface area (Å²) >= 11 is 0. The van der Waals surface area contributed by atoms with Gasteiger partial charge in [0.05, 0.1) is 36.9 Å². The molecule has 1 saturated heterocycles. The number of anilines is 1. The Morgan fingerprint density at radius 2 is 2.43 bits per heavy atom. The summed E-state index contributed by atoms with van der Waals surface area (Å²) in [7, 11) is 0. The van der Waals surface area contributed by atoms with Crippen LogP contribution in [-0.2, 0) is 9.53 Å². The third-order valence-electron chi connectivity index (χ3n) is 3.51. The molecule has 1 fully saturated rings. The summed E-state index contributed by atoms with van der Waals surface area (Å²) in [5, 5.41) is 12.4. The van der Waals surface area contributed by atoms with Crippen molar-refractivity contribution in [1.82, 2.24) is 10.3 Å². The molecule has 6 heteroatoms. The minimum Gasteiger partial charge on any atom is -0.387 e. The second-order valence-corrected chi connectivity index (χ2v) is 5.19. The Morgan fingerprint density at radius 1 is 1.62 bits per heavy atom. The fourth-order valence-corrected chi connectivity index (χ4v) is 2.31. The number of nitrogens with zero attached hydrogens (tertiary/aromatic N) is 2. The average Bonchev–Trinajstić information content (AvgIpc) is 2.52. The van der Waals surface area contributed by atoms with Crippen molar-refractivity contribution in [2.24, 2.45) is 0 Å². The Balaban J connectivity index is 2.12. The van der Waals surface area contributed by atoms with Crippen LogP contribution in [0.2, 0.25) is 0 Å². The SMILES string of the molecule is CCCNC(=O)C1COCCN1c1ccc(C(C)O)nc1. The maximum Gasteiger partial charge on any atom is 0.245 e. The smallest absolute Gasteiger partial charge is 0.245 e.